The summed E-state index contributed by atoms with van der Waals surface area (Å²) in [5.74, 6) is 1.49. The molecule has 3 fully saturated rings. The zero-order valence-corrected chi connectivity index (χ0v) is 11.5. The van der Waals surface area contributed by atoms with Crippen LogP contribution in [0.2, 0.25) is 0 Å². The largest absolute Gasteiger partial charge is 0.389 e. The summed E-state index contributed by atoms with van der Waals surface area (Å²) in [6, 6.07) is 3.54. The minimum absolute atomic E-state index is 0.265. The van der Waals surface area contributed by atoms with Crippen molar-refractivity contribution in [1.82, 2.24) is 0 Å². The van der Waals surface area contributed by atoms with E-state index in [0.717, 1.165) is 24.8 Å². The van der Waals surface area contributed by atoms with Gasteiger partial charge in [0.25, 0.3) is 0 Å². The smallest absolute Gasteiger partial charge is 0.126 e. The summed E-state index contributed by atoms with van der Waals surface area (Å²) in [6.07, 6.45) is 5.90. The van der Waals surface area contributed by atoms with Crippen LogP contribution in [-0.2, 0) is 6.42 Å². The first kappa shape index (κ1) is 12.8. The van der Waals surface area contributed by atoms with Gasteiger partial charge in [0.1, 0.15) is 11.6 Å². The molecule has 0 aromatic heterocycles. The Balaban J connectivity index is 1.61. The van der Waals surface area contributed by atoms with E-state index in [1.807, 2.05) is 0 Å². The third-order valence-electron chi connectivity index (χ3n) is 6.11. The number of hydrogen-bond donors (Lipinski definition) is 1. The van der Waals surface area contributed by atoms with Crippen molar-refractivity contribution in [2.45, 2.75) is 44.1 Å². The van der Waals surface area contributed by atoms with Crippen molar-refractivity contribution in [3.8, 4) is 0 Å². The van der Waals surface area contributed by atoms with Crippen LogP contribution in [0.3, 0.4) is 0 Å². The van der Waals surface area contributed by atoms with Gasteiger partial charge in [-0.25, -0.2) is 8.78 Å². The van der Waals surface area contributed by atoms with Crippen LogP contribution >= 0.6 is 0 Å². The van der Waals surface area contributed by atoms with E-state index in [0.29, 0.717) is 23.3 Å². The van der Waals surface area contributed by atoms with Gasteiger partial charge in [0.2, 0.25) is 0 Å². The Bertz CT molecular complexity index is 544. The first-order valence-electron chi connectivity index (χ1n) is 7.73. The van der Waals surface area contributed by atoms with Crippen LogP contribution in [0.15, 0.2) is 18.2 Å². The lowest BCUT2D eigenvalue weighted by Crippen LogP contribution is -2.43. The van der Waals surface area contributed by atoms with Gasteiger partial charge in [-0.2, -0.15) is 0 Å². The third kappa shape index (κ3) is 1.75. The molecule has 0 saturated heterocycles. The molecule has 1 aromatic rings. The number of hydrogen-bond acceptors (Lipinski definition) is 1. The van der Waals surface area contributed by atoms with Gasteiger partial charge in [0.15, 0.2) is 0 Å². The fraction of sp³-hybridized carbons (Fsp3) is 0.647. The molecule has 3 aliphatic carbocycles. The van der Waals surface area contributed by atoms with Gasteiger partial charge in [-0.3, -0.25) is 0 Å². The number of halogens is 2. The molecule has 0 heterocycles. The summed E-state index contributed by atoms with van der Waals surface area (Å²) in [5.41, 5.74) is -0.486. The highest BCUT2D eigenvalue weighted by Gasteiger charge is 2.60. The van der Waals surface area contributed by atoms with Crippen molar-refractivity contribution in [3.63, 3.8) is 0 Å². The molecule has 5 unspecified atom stereocenters. The lowest BCUT2D eigenvalue weighted by molar-refractivity contribution is -0.0456. The zero-order valence-electron chi connectivity index (χ0n) is 11.5. The predicted molar refractivity (Wildman–Crippen MR) is 72.1 cm³/mol. The first-order chi connectivity index (χ1) is 9.57. The summed E-state index contributed by atoms with van der Waals surface area (Å²) in [5, 5.41) is 11.0. The number of rotatable bonds is 2. The number of benzene rings is 1. The second-order valence-electron chi connectivity index (χ2n) is 7.08. The van der Waals surface area contributed by atoms with E-state index >= 15 is 0 Å². The average molecular weight is 278 g/mol. The topological polar surface area (TPSA) is 20.2 Å². The van der Waals surface area contributed by atoms with Crippen molar-refractivity contribution in [1.29, 1.82) is 0 Å². The van der Waals surface area contributed by atoms with Gasteiger partial charge in [-0.15, -0.1) is 0 Å². The molecule has 4 rings (SSSR count). The first-order valence-corrected chi connectivity index (χ1v) is 7.73. The molecule has 108 valence electrons. The van der Waals surface area contributed by atoms with E-state index in [4.69, 9.17) is 0 Å². The van der Waals surface area contributed by atoms with Gasteiger partial charge in [0.05, 0.1) is 5.60 Å². The normalized spacial score (nSPS) is 42.1. The summed E-state index contributed by atoms with van der Waals surface area (Å²) >= 11 is 0. The van der Waals surface area contributed by atoms with Crippen molar-refractivity contribution in [2.24, 2.45) is 23.7 Å². The number of fused-ring (bicyclic) bond motifs is 5. The molecular formula is C17H20F2O. The van der Waals surface area contributed by atoms with Crippen LogP contribution in [0.1, 0.15) is 37.7 Å². The van der Waals surface area contributed by atoms with Gasteiger partial charge in [-0.05, 0) is 73.1 Å². The Labute approximate surface area is 118 Å². The molecule has 0 spiro atoms. The highest BCUT2D eigenvalue weighted by atomic mass is 19.1. The van der Waals surface area contributed by atoms with Gasteiger partial charge >= 0.3 is 0 Å². The summed E-state index contributed by atoms with van der Waals surface area (Å²) < 4.78 is 27.1. The Morgan fingerprint density at radius 2 is 2.00 bits per heavy atom. The van der Waals surface area contributed by atoms with Crippen LogP contribution in [0.4, 0.5) is 8.78 Å². The molecule has 2 bridgehead atoms. The van der Waals surface area contributed by atoms with Crippen molar-refractivity contribution in [3.05, 3.63) is 35.4 Å². The maximum absolute atomic E-state index is 13.8. The molecule has 3 heteroatoms. The van der Waals surface area contributed by atoms with Gasteiger partial charge < -0.3 is 5.11 Å². The Morgan fingerprint density at radius 3 is 2.85 bits per heavy atom. The lowest BCUT2D eigenvalue weighted by Gasteiger charge is -2.39. The van der Waals surface area contributed by atoms with Crippen LogP contribution in [0, 0.1) is 35.3 Å². The lowest BCUT2D eigenvalue weighted by atomic mass is 9.70. The van der Waals surface area contributed by atoms with Crippen molar-refractivity contribution in [2.75, 3.05) is 0 Å². The molecule has 1 N–H and O–H groups in total. The van der Waals surface area contributed by atoms with E-state index in [2.05, 4.69) is 0 Å². The third-order valence-corrected chi connectivity index (χ3v) is 6.11. The molecule has 3 saturated carbocycles. The molecule has 1 aromatic carbocycles. The maximum atomic E-state index is 13.8. The molecule has 5 atom stereocenters. The fourth-order valence-corrected chi connectivity index (χ4v) is 5.45. The van der Waals surface area contributed by atoms with E-state index in [1.54, 1.807) is 0 Å². The van der Waals surface area contributed by atoms with Gasteiger partial charge in [-0.1, -0.05) is 6.42 Å². The summed E-state index contributed by atoms with van der Waals surface area (Å²) in [4.78, 5) is 0. The highest BCUT2D eigenvalue weighted by Crippen LogP contribution is 2.62. The highest BCUT2D eigenvalue weighted by molar-refractivity contribution is 5.23. The molecule has 1 nitrogen and oxygen atoms in total. The van der Waals surface area contributed by atoms with E-state index in [9.17, 15) is 13.9 Å². The predicted octanol–water partition coefficient (Wildman–Crippen LogP) is 3.69. The van der Waals surface area contributed by atoms with E-state index in [1.165, 1.54) is 31.4 Å². The summed E-state index contributed by atoms with van der Waals surface area (Å²) in [7, 11) is 0. The van der Waals surface area contributed by atoms with E-state index in [-0.39, 0.29) is 6.42 Å². The van der Waals surface area contributed by atoms with Crippen LogP contribution in [0.25, 0.3) is 0 Å². The van der Waals surface area contributed by atoms with Crippen LogP contribution in [-0.4, -0.2) is 10.7 Å². The Kier molecular flexibility index (Phi) is 2.72. The summed E-state index contributed by atoms with van der Waals surface area (Å²) in [6.45, 7) is 0. The fourth-order valence-electron chi connectivity index (χ4n) is 5.45. The monoisotopic (exact) mass is 278 g/mol. The Hall–Kier alpha value is -0.960. The molecular weight excluding hydrogens is 258 g/mol. The van der Waals surface area contributed by atoms with Crippen LogP contribution < -0.4 is 0 Å². The second-order valence-corrected chi connectivity index (χ2v) is 7.08. The van der Waals surface area contributed by atoms with Gasteiger partial charge in [0, 0.05) is 6.42 Å². The van der Waals surface area contributed by atoms with Crippen molar-refractivity contribution < 1.29 is 13.9 Å². The second kappa shape index (κ2) is 4.27. The number of aliphatic hydroxyl groups is 1. The molecule has 0 radical (unpaired) electrons. The van der Waals surface area contributed by atoms with Crippen LogP contribution in [0.5, 0.6) is 0 Å². The molecule has 20 heavy (non-hydrogen) atoms. The van der Waals surface area contributed by atoms with Crippen molar-refractivity contribution >= 4 is 0 Å². The maximum Gasteiger partial charge on any atom is 0.126 e. The minimum atomic E-state index is -0.815. The zero-order chi connectivity index (χ0) is 13.9. The Morgan fingerprint density at radius 1 is 1.20 bits per heavy atom. The molecule has 0 aliphatic heterocycles. The quantitative estimate of drug-likeness (QED) is 0.874. The minimum Gasteiger partial charge on any atom is -0.389 e. The van der Waals surface area contributed by atoms with E-state index < -0.39 is 17.2 Å². The molecule has 3 aliphatic rings. The molecule has 0 amide bonds. The standard InChI is InChI=1S/C17H20F2O/c18-12-4-5-16(19)11(6-12)9-17(20)8-10-7-15(17)14-3-1-2-13(10)14/h4-6,10,13-15,20H,1-3,7-9H2. The average Bonchev–Trinajstić information content (AvgIpc) is 3.04. The SMILES string of the molecule is OC1(Cc2cc(F)ccc2F)CC2CC1C1CCCC21.